The van der Waals surface area contributed by atoms with E-state index in [9.17, 15) is 9.90 Å². The highest BCUT2D eigenvalue weighted by molar-refractivity contribution is 6.04. The second kappa shape index (κ2) is 10.4. The van der Waals surface area contributed by atoms with Gasteiger partial charge in [0.25, 0.3) is 5.56 Å². The fourth-order valence-electron chi connectivity index (χ4n) is 6.04. The van der Waals surface area contributed by atoms with Gasteiger partial charge in [-0.2, -0.15) is 10.1 Å². The Morgan fingerprint density at radius 1 is 1.07 bits per heavy atom. The van der Waals surface area contributed by atoms with Crippen LogP contribution < -0.4 is 15.6 Å². The van der Waals surface area contributed by atoms with Crippen LogP contribution >= 0.6 is 0 Å². The largest absolute Gasteiger partial charge is 0.487 e. The number of aliphatic hydroxyl groups is 1. The Balaban J connectivity index is 1.28. The van der Waals surface area contributed by atoms with Crippen molar-refractivity contribution in [3.8, 4) is 22.6 Å². The third kappa shape index (κ3) is 4.83. The zero-order valence-electron chi connectivity index (χ0n) is 24.2. The molecule has 218 valence electrons. The molecule has 7 rings (SSSR count). The summed E-state index contributed by atoms with van der Waals surface area (Å²) in [4.78, 5) is 23.7. The lowest BCUT2D eigenvalue weighted by Gasteiger charge is -2.16. The summed E-state index contributed by atoms with van der Waals surface area (Å²) in [5.74, 6) is 1.82. The molecule has 0 saturated carbocycles. The number of amidine groups is 1. The summed E-state index contributed by atoms with van der Waals surface area (Å²) in [5.41, 5.74) is 6.75. The van der Waals surface area contributed by atoms with Crippen molar-refractivity contribution in [2.45, 2.75) is 58.5 Å². The Hall–Kier alpha value is -4.96. The Kier molecular flexibility index (Phi) is 6.50. The summed E-state index contributed by atoms with van der Waals surface area (Å²) < 4.78 is 9.56. The first-order valence-corrected chi connectivity index (χ1v) is 14.5. The Bertz CT molecular complexity index is 1940. The van der Waals surface area contributed by atoms with Crippen molar-refractivity contribution in [1.82, 2.24) is 24.5 Å². The highest BCUT2D eigenvalue weighted by Crippen LogP contribution is 2.36. The fourth-order valence-corrected chi connectivity index (χ4v) is 6.04. The van der Waals surface area contributed by atoms with Crippen molar-refractivity contribution in [2.75, 3.05) is 0 Å². The van der Waals surface area contributed by atoms with Crippen molar-refractivity contribution in [3.05, 3.63) is 111 Å². The van der Waals surface area contributed by atoms with Gasteiger partial charge in [0, 0.05) is 29.5 Å². The summed E-state index contributed by atoms with van der Waals surface area (Å²) in [6, 6.07) is 21.8. The maximum absolute atomic E-state index is 14.3. The summed E-state index contributed by atoms with van der Waals surface area (Å²) in [6.07, 6.45) is 3.12. The summed E-state index contributed by atoms with van der Waals surface area (Å²) in [5, 5.41) is 21.0. The van der Waals surface area contributed by atoms with Gasteiger partial charge in [-0.1, -0.05) is 67.0 Å². The third-order valence-electron chi connectivity index (χ3n) is 7.92. The minimum atomic E-state index is -1.16. The van der Waals surface area contributed by atoms with Crippen LogP contribution in [0.4, 0.5) is 0 Å². The van der Waals surface area contributed by atoms with Crippen LogP contribution in [-0.4, -0.2) is 42.1 Å². The van der Waals surface area contributed by atoms with Crippen molar-refractivity contribution < 1.29 is 14.7 Å². The third-order valence-corrected chi connectivity index (χ3v) is 7.92. The molecule has 0 amide bonds. The van der Waals surface area contributed by atoms with Crippen LogP contribution in [0.25, 0.3) is 22.6 Å². The molecule has 2 N–H and O–H groups in total. The molecule has 0 bridgehead atoms. The standard InChI is InChI=1S/C33H32N6O4/c1-4-7-27-26(16-20-10-12-21(13-11-20)24-8-5-6-9-25(24)29-36-32(41)43-37-29)30(40)38(31-34-19-35-39(27)31)23-14-15-28-22(17-23)18-33(2,3)42-28/h5-6,8-15,17,19,32,41H,4,7,16,18H2,1-3H3,(H,36,37). The number of rotatable bonds is 7. The number of aryl methyl sites for hydroxylation is 1. The number of nitrogens with one attached hydrogen (secondary N) is 1. The molecule has 0 spiro atoms. The molecule has 4 heterocycles. The predicted molar refractivity (Wildman–Crippen MR) is 162 cm³/mol. The number of hydrogen-bond acceptors (Lipinski definition) is 8. The van der Waals surface area contributed by atoms with Crippen molar-refractivity contribution in [2.24, 2.45) is 5.16 Å². The molecule has 1 unspecified atom stereocenters. The maximum atomic E-state index is 14.3. The Labute approximate surface area is 248 Å². The van der Waals surface area contributed by atoms with Gasteiger partial charge in [-0.05, 0) is 55.2 Å². The molecular formula is C33H32N6O4. The lowest BCUT2D eigenvalue weighted by atomic mass is 9.96. The lowest BCUT2D eigenvalue weighted by molar-refractivity contribution is -0.0896. The van der Waals surface area contributed by atoms with Gasteiger partial charge in [-0.3, -0.25) is 4.79 Å². The van der Waals surface area contributed by atoms with E-state index < -0.39 is 6.41 Å². The molecule has 0 aliphatic carbocycles. The number of nitrogens with zero attached hydrogens (tertiary/aromatic N) is 5. The second-order valence-electron chi connectivity index (χ2n) is 11.6. The van der Waals surface area contributed by atoms with Crippen LogP contribution in [0.15, 0.2) is 83.0 Å². The molecule has 0 fully saturated rings. The smallest absolute Gasteiger partial charge is 0.304 e. The van der Waals surface area contributed by atoms with E-state index in [-0.39, 0.29) is 11.2 Å². The van der Waals surface area contributed by atoms with E-state index in [1.165, 1.54) is 6.33 Å². The van der Waals surface area contributed by atoms with Gasteiger partial charge in [-0.25, -0.2) is 9.08 Å². The Morgan fingerprint density at radius 2 is 1.86 bits per heavy atom. The summed E-state index contributed by atoms with van der Waals surface area (Å²) in [7, 11) is 0. The van der Waals surface area contributed by atoms with E-state index in [1.54, 1.807) is 4.57 Å². The van der Waals surface area contributed by atoms with Crippen LogP contribution in [0.5, 0.6) is 5.75 Å². The van der Waals surface area contributed by atoms with Crippen molar-refractivity contribution >= 4 is 11.6 Å². The van der Waals surface area contributed by atoms with E-state index in [0.29, 0.717) is 30.0 Å². The van der Waals surface area contributed by atoms with Gasteiger partial charge in [-0.15, -0.1) is 0 Å². The van der Waals surface area contributed by atoms with Crippen LogP contribution in [0.1, 0.15) is 55.1 Å². The molecule has 2 aromatic heterocycles. The average Bonchev–Trinajstić information content (AvgIpc) is 3.72. The normalized spacial score (nSPS) is 16.8. The molecule has 1 atom stereocenters. The van der Waals surface area contributed by atoms with Gasteiger partial charge < -0.3 is 20.0 Å². The second-order valence-corrected chi connectivity index (χ2v) is 11.6. The number of ether oxygens (including phenoxy) is 1. The lowest BCUT2D eigenvalue weighted by Crippen LogP contribution is -2.29. The van der Waals surface area contributed by atoms with Crippen LogP contribution in [-0.2, 0) is 24.1 Å². The van der Waals surface area contributed by atoms with Gasteiger partial charge in [0.2, 0.25) is 5.78 Å². The van der Waals surface area contributed by atoms with E-state index in [4.69, 9.17) is 9.57 Å². The van der Waals surface area contributed by atoms with E-state index in [1.807, 2.05) is 71.2 Å². The van der Waals surface area contributed by atoms with Crippen molar-refractivity contribution in [3.63, 3.8) is 0 Å². The SMILES string of the molecule is CCCc1c(Cc2ccc(-c3ccccc3C3=NOC(O)N3)cc2)c(=O)n(-c2ccc3c(c2)CC(C)(C)O3)c2ncnn12. The topological polar surface area (TPSA) is 115 Å². The molecule has 10 heteroatoms. The average molecular weight is 577 g/mol. The van der Waals surface area contributed by atoms with Crippen LogP contribution in [0.3, 0.4) is 0 Å². The van der Waals surface area contributed by atoms with E-state index in [0.717, 1.165) is 57.8 Å². The van der Waals surface area contributed by atoms with Gasteiger partial charge in [0.05, 0.1) is 11.4 Å². The van der Waals surface area contributed by atoms with E-state index in [2.05, 4.69) is 41.3 Å². The number of fused-ring (bicyclic) bond motifs is 2. The molecule has 10 nitrogen and oxygen atoms in total. The molecule has 0 saturated heterocycles. The first kappa shape index (κ1) is 26.9. The highest BCUT2D eigenvalue weighted by atomic mass is 16.7. The van der Waals surface area contributed by atoms with Crippen LogP contribution in [0, 0.1) is 0 Å². The molecular weight excluding hydrogens is 544 g/mol. The molecule has 3 aromatic carbocycles. The number of hydrogen-bond donors (Lipinski definition) is 2. The maximum Gasteiger partial charge on any atom is 0.304 e. The predicted octanol–water partition coefficient (Wildman–Crippen LogP) is 4.36. The minimum Gasteiger partial charge on any atom is -0.487 e. The highest BCUT2D eigenvalue weighted by Gasteiger charge is 2.31. The zero-order valence-corrected chi connectivity index (χ0v) is 24.2. The van der Waals surface area contributed by atoms with Crippen molar-refractivity contribution in [1.29, 1.82) is 0 Å². The summed E-state index contributed by atoms with van der Waals surface area (Å²) >= 11 is 0. The van der Waals surface area contributed by atoms with Gasteiger partial charge in [0.1, 0.15) is 17.7 Å². The zero-order chi connectivity index (χ0) is 29.7. The fraction of sp³-hybridized carbons (Fsp3) is 0.273. The number of aliphatic hydroxyl groups excluding tert-OH is 1. The monoisotopic (exact) mass is 576 g/mol. The van der Waals surface area contributed by atoms with E-state index >= 15 is 0 Å². The molecule has 2 aliphatic rings. The van der Waals surface area contributed by atoms with Crippen LogP contribution in [0.2, 0.25) is 0 Å². The Morgan fingerprint density at radius 3 is 2.60 bits per heavy atom. The molecule has 5 aromatic rings. The molecule has 2 aliphatic heterocycles. The first-order chi connectivity index (χ1) is 20.8. The molecule has 0 radical (unpaired) electrons. The molecule has 43 heavy (non-hydrogen) atoms. The minimum absolute atomic E-state index is 0.0969. The van der Waals surface area contributed by atoms with Gasteiger partial charge in [0.15, 0.2) is 5.84 Å². The van der Waals surface area contributed by atoms with Gasteiger partial charge >= 0.3 is 6.41 Å². The quantitative estimate of drug-likeness (QED) is 0.296. The first-order valence-electron chi connectivity index (χ1n) is 14.5. The number of benzene rings is 3. The number of oxime groups is 1. The number of aromatic nitrogens is 4. The summed E-state index contributed by atoms with van der Waals surface area (Å²) in [6.45, 7) is 6.23.